The summed E-state index contributed by atoms with van der Waals surface area (Å²) in [6, 6.07) is 10.1. The summed E-state index contributed by atoms with van der Waals surface area (Å²) < 4.78 is 6.21. The Bertz CT molecular complexity index is 711. The maximum absolute atomic E-state index is 12.7. The minimum atomic E-state index is -0.147. The highest BCUT2D eigenvalue weighted by Gasteiger charge is 2.42. The number of aryl methyl sites for hydroxylation is 1. The first-order chi connectivity index (χ1) is 11.2. The van der Waals surface area contributed by atoms with Gasteiger partial charge in [0.1, 0.15) is 5.60 Å². The van der Waals surface area contributed by atoms with E-state index in [2.05, 4.69) is 11.4 Å². The fourth-order valence-electron chi connectivity index (χ4n) is 3.68. The van der Waals surface area contributed by atoms with E-state index in [1.54, 1.807) is 0 Å². The van der Waals surface area contributed by atoms with E-state index in [4.69, 9.17) is 4.74 Å². The molecule has 0 atom stereocenters. The quantitative estimate of drug-likeness (QED) is 0.798. The van der Waals surface area contributed by atoms with E-state index in [0.717, 1.165) is 44.5 Å². The van der Waals surface area contributed by atoms with Gasteiger partial charge >= 0.3 is 0 Å². The lowest BCUT2D eigenvalue weighted by atomic mass is 9.85. The number of amides is 1. The lowest BCUT2D eigenvalue weighted by molar-refractivity contribution is -0.0906. The zero-order valence-electron chi connectivity index (χ0n) is 13.4. The van der Waals surface area contributed by atoms with Crippen LogP contribution in [-0.2, 0) is 16.8 Å². The van der Waals surface area contributed by atoms with Gasteiger partial charge in [-0.25, -0.2) is 0 Å². The molecule has 1 aromatic heterocycles. The SMILES string of the molecule is Cc1ccc(C(=O)N2CCC3(CC2)OCCc2ccsc23)cc1. The molecule has 0 unspecified atom stereocenters. The van der Waals surface area contributed by atoms with E-state index in [1.807, 2.05) is 47.4 Å². The van der Waals surface area contributed by atoms with Crippen molar-refractivity contribution in [2.75, 3.05) is 19.7 Å². The molecule has 1 fully saturated rings. The lowest BCUT2D eigenvalue weighted by Gasteiger charge is -2.43. The van der Waals surface area contributed by atoms with Crippen LogP contribution in [0.3, 0.4) is 0 Å². The van der Waals surface area contributed by atoms with Crippen molar-refractivity contribution < 1.29 is 9.53 Å². The Morgan fingerprint density at radius 2 is 1.91 bits per heavy atom. The molecule has 0 bridgehead atoms. The second-order valence-corrected chi connectivity index (χ2v) is 7.44. The fraction of sp³-hybridized carbons (Fsp3) is 0.421. The Morgan fingerprint density at radius 1 is 1.17 bits per heavy atom. The first-order valence-electron chi connectivity index (χ1n) is 8.25. The Balaban J connectivity index is 1.50. The van der Waals surface area contributed by atoms with Crippen molar-refractivity contribution in [3.8, 4) is 0 Å². The standard InChI is InChI=1S/C19H21NO2S/c1-14-2-4-16(5-3-14)18(21)20-10-8-19(9-11-20)17-15(6-12-22-19)7-13-23-17/h2-5,7,13H,6,8-12H2,1H3. The number of hydrogen-bond donors (Lipinski definition) is 0. The normalized spacial score (nSPS) is 19.6. The Hall–Kier alpha value is -1.65. The summed E-state index contributed by atoms with van der Waals surface area (Å²) in [4.78, 5) is 16.0. The summed E-state index contributed by atoms with van der Waals surface area (Å²) in [6.07, 6.45) is 2.82. The number of thiophene rings is 1. The van der Waals surface area contributed by atoms with Crippen molar-refractivity contribution in [1.29, 1.82) is 0 Å². The third-order valence-corrected chi connectivity index (χ3v) is 6.21. The van der Waals surface area contributed by atoms with Gasteiger partial charge in [0.25, 0.3) is 5.91 Å². The van der Waals surface area contributed by atoms with E-state index in [-0.39, 0.29) is 11.5 Å². The van der Waals surface area contributed by atoms with Crippen LogP contribution in [0.25, 0.3) is 0 Å². The fourth-order valence-corrected chi connectivity index (χ4v) is 4.84. The Morgan fingerprint density at radius 3 is 2.65 bits per heavy atom. The topological polar surface area (TPSA) is 29.5 Å². The number of likely N-dealkylation sites (tertiary alicyclic amines) is 1. The van der Waals surface area contributed by atoms with Crippen molar-refractivity contribution >= 4 is 17.2 Å². The second kappa shape index (κ2) is 5.77. The van der Waals surface area contributed by atoms with Gasteiger partial charge in [-0.1, -0.05) is 17.7 Å². The molecule has 3 heterocycles. The summed E-state index contributed by atoms with van der Waals surface area (Å²) in [5, 5.41) is 2.17. The lowest BCUT2D eigenvalue weighted by Crippen LogP contribution is -2.47. The number of fused-ring (bicyclic) bond motifs is 2. The van der Waals surface area contributed by atoms with Gasteiger partial charge < -0.3 is 9.64 Å². The predicted molar refractivity (Wildman–Crippen MR) is 92.0 cm³/mol. The van der Waals surface area contributed by atoms with Crippen molar-refractivity contribution in [3.05, 3.63) is 57.3 Å². The number of benzene rings is 1. The number of rotatable bonds is 1. The van der Waals surface area contributed by atoms with Crippen LogP contribution in [-0.4, -0.2) is 30.5 Å². The van der Waals surface area contributed by atoms with Gasteiger partial charge in [0.05, 0.1) is 6.61 Å². The molecule has 1 amide bonds. The number of ether oxygens (including phenoxy) is 1. The van der Waals surface area contributed by atoms with Gasteiger partial charge in [-0.2, -0.15) is 0 Å². The summed E-state index contributed by atoms with van der Waals surface area (Å²) in [7, 11) is 0. The van der Waals surface area contributed by atoms with Crippen LogP contribution in [0, 0.1) is 6.92 Å². The van der Waals surface area contributed by atoms with Gasteiger partial charge in [-0.3, -0.25) is 4.79 Å². The molecule has 2 aliphatic rings. The second-order valence-electron chi connectivity index (χ2n) is 6.53. The highest BCUT2D eigenvalue weighted by atomic mass is 32.1. The maximum atomic E-state index is 12.7. The molecule has 1 spiro atoms. The van der Waals surface area contributed by atoms with Crippen molar-refractivity contribution in [2.45, 2.75) is 31.8 Å². The van der Waals surface area contributed by atoms with Crippen LogP contribution in [0.4, 0.5) is 0 Å². The maximum Gasteiger partial charge on any atom is 0.253 e. The predicted octanol–water partition coefficient (Wildman–Crippen LogP) is 3.76. The molecular weight excluding hydrogens is 306 g/mol. The molecular formula is C19H21NO2S. The minimum absolute atomic E-state index is 0.141. The number of hydrogen-bond acceptors (Lipinski definition) is 3. The zero-order valence-corrected chi connectivity index (χ0v) is 14.2. The molecule has 1 aromatic carbocycles. The molecule has 0 saturated carbocycles. The molecule has 0 N–H and O–H groups in total. The van der Waals surface area contributed by atoms with Gasteiger partial charge in [-0.15, -0.1) is 11.3 Å². The zero-order chi connectivity index (χ0) is 15.9. The van der Waals surface area contributed by atoms with Crippen LogP contribution in [0.1, 0.15) is 39.2 Å². The monoisotopic (exact) mass is 327 g/mol. The summed E-state index contributed by atoms with van der Waals surface area (Å²) in [5.41, 5.74) is 3.26. The molecule has 2 aromatic rings. The average Bonchev–Trinajstić information content (AvgIpc) is 3.06. The van der Waals surface area contributed by atoms with Crippen LogP contribution in [0.5, 0.6) is 0 Å². The van der Waals surface area contributed by atoms with Crippen LogP contribution in [0.15, 0.2) is 35.7 Å². The summed E-state index contributed by atoms with van der Waals surface area (Å²) in [5.74, 6) is 0.141. The number of nitrogens with zero attached hydrogens (tertiary/aromatic N) is 1. The van der Waals surface area contributed by atoms with E-state index in [0.29, 0.717) is 0 Å². The highest BCUT2D eigenvalue weighted by Crippen LogP contribution is 2.44. The van der Waals surface area contributed by atoms with Gasteiger partial charge in [0.15, 0.2) is 0 Å². The van der Waals surface area contributed by atoms with E-state index >= 15 is 0 Å². The van der Waals surface area contributed by atoms with Gasteiger partial charge in [-0.05, 0) is 55.3 Å². The number of piperidine rings is 1. The molecule has 0 aliphatic carbocycles. The number of carbonyl (C=O) groups excluding carboxylic acids is 1. The van der Waals surface area contributed by atoms with E-state index in [9.17, 15) is 4.79 Å². The van der Waals surface area contributed by atoms with Crippen molar-refractivity contribution in [3.63, 3.8) is 0 Å². The molecule has 4 heteroatoms. The first kappa shape index (κ1) is 14.9. The van der Waals surface area contributed by atoms with Gasteiger partial charge in [0, 0.05) is 23.5 Å². The third-order valence-electron chi connectivity index (χ3n) is 5.07. The Kier molecular flexibility index (Phi) is 3.74. The minimum Gasteiger partial charge on any atom is -0.369 e. The molecule has 3 nitrogen and oxygen atoms in total. The largest absolute Gasteiger partial charge is 0.369 e. The van der Waals surface area contributed by atoms with Gasteiger partial charge in [0.2, 0.25) is 0 Å². The average molecular weight is 327 g/mol. The number of carbonyl (C=O) groups is 1. The van der Waals surface area contributed by atoms with Crippen LogP contribution in [0.2, 0.25) is 0 Å². The molecule has 1 saturated heterocycles. The van der Waals surface area contributed by atoms with Crippen molar-refractivity contribution in [2.24, 2.45) is 0 Å². The van der Waals surface area contributed by atoms with Crippen LogP contribution >= 0.6 is 11.3 Å². The molecule has 2 aliphatic heterocycles. The smallest absolute Gasteiger partial charge is 0.253 e. The third kappa shape index (κ3) is 2.60. The van der Waals surface area contributed by atoms with E-state index in [1.165, 1.54) is 16.0 Å². The van der Waals surface area contributed by atoms with E-state index < -0.39 is 0 Å². The first-order valence-corrected chi connectivity index (χ1v) is 9.13. The summed E-state index contributed by atoms with van der Waals surface area (Å²) >= 11 is 1.81. The highest BCUT2D eigenvalue weighted by molar-refractivity contribution is 7.10. The summed E-state index contributed by atoms with van der Waals surface area (Å²) in [6.45, 7) is 4.38. The molecule has 0 radical (unpaired) electrons. The molecule has 120 valence electrons. The molecule has 4 rings (SSSR count). The molecule has 23 heavy (non-hydrogen) atoms. The van der Waals surface area contributed by atoms with Crippen LogP contribution < -0.4 is 0 Å². The van der Waals surface area contributed by atoms with Crippen molar-refractivity contribution in [1.82, 2.24) is 4.90 Å². The Labute approximate surface area is 140 Å².